The van der Waals surface area contributed by atoms with E-state index in [1.165, 1.54) is 5.56 Å². The first-order chi connectivity index (χ1) is 6.79. The van der Waals surface area contributed by atoms with E-state index in [9.17, 15) is 4.79 Å². The molecule has 1 saturated carbocycles. The number of hydrogen-bond acceptors (Lipinski definition) is 1. The Balaban J connectivity index is 2.22. The first-order valence-electron chi connectivity index (χ1n) is 5.36. The van der Waals surface area contributed by atoms with Crippen LogP contribution in [0.3, 0.4) is 0 Å². The van der Waals surface area contributed by atoms with Crippen molar-refractivity contribution in [2.45, 2.75) is 32.1 Å². The summed E-state index contributed by atoms with van der Waals surface area (Å²) in [5.41, 5.74) is 1.33. The summed E-state index contributed by atoms with van der Waals surface area (Å²) in [5.74, 6) is 1.11. The number of rotatable bonds is 1. The first kappa shape index (κ1) is 9.45. The minimum Gasteiger partial charge on any atom is -0.299 e. The van der Waals surface area contributed by atoms with Crippen LogP contribution in [0.25, 0.3) is 0 Å². The number of ketones is 1. The third-order valence-corrected chi connectivity index (χ3v) is 3.28. The zero-order chi connectivity index (χ0) is 9.97. The van der Waals surface area contributed by atoms with Gasteiger partial charge in [0.15, 0.2) is 0 Å². The van der Waals surface area contributed by atoms with Gasteiger partial charge in [-0.1, -0.05) is 37.3 Å². The number of Topliss-reactive ketones (excluding diaryl/α,β-unsaturated/α-hetero) is 1. The van der Waals surface area contributed by atoms with Crippen molar-refractivity contribution >= 4 is 5.78 Å². The van der Waals surface area contributed by atoms with Gasteiger partial charge >= 0.3 is 0 Å². The second-order valence-electron chi connectivity index (χ2n) is 4.16. The predicted octanol–water partition coefficient (Wildman–Crippen LogP) is 3.16. The van der Waals surface area contributed by atoms with Crippen LogP contribution in [-0.4, -0.2) is 5.78 Å². The summed E-state index contributed by atoms with van der Waals surface area (Å²) in [7, 11) is 0. The van der Waals surface area contributed by atoms with Gasteiger partial charge in [0.25, 0.3) is 0 Å². The van der Waals surface area contributed by atoms with Crippen molar-refractivity contribution < 1.29 is 4.79 Å². The smallest absolute Gasteiger partial charge is 0.136 e. The minimum absolute atomic E-state index is 0.214. The Morgan fingerprint density at radius 2 is 1.93 bits per heavy atom. The lowest BCUT2D eigenvalue weighted by atomic mass is 9.76. The second-order valence-corrected chi connectivity index (χ2v) is 4.16. The molecule has 0 heterocycles. The van der Waals surface area contributed by atoms with Crippen molar-refractivity contribution in [2.24, 2.45) is 5.92 Å². The van der Waals surface area contributed by atoms with Crippen molar-refractivity contribution in [3.05, 3.63) is 35.9 Å². The van der Waals surface area contributed by atoms with Crippen LogP contribution in [-0.2, 0) is 4.79 Å². The molecule has 0 bridgehead atoms. The number of carbonyl (C=O) groups is 1. The molecule has 1 heteroatoms. The monoisotopic (exact) mass is 188 g/mol. The van der Waals surface area contributed by atoms with E-state index in [4.69, 9.17) is 0 Å². The molecular formula is C13H16O. The molecule has 0 saturated heterocycles. The highest BCUT2D eigenvalue weighted by atomic mass is 16.1. The van der Waals surface area contributed by atoms with Gasteiger partial charge in [0, 0.05) is 12.3 Å². The van der Waals surface area contributed by atoms with Crippen LogP contribution in [0.2, 0.25) is 0 Å². The molecule has 0 aliphatic heterocycles. The van der Waals surface area contributed by atoms with Crippen LogP contribution in [0.1, 0.15) is 37.7 Å². The largest absolute Gasteiger partial charge is 0.299 e. The SMILES string of the molecule is C[C@@H]1C(=O)CCC[C@@H]1c1ccccc1. The van der Waals surface area contributed by atoms with Crippen LogP contribution in [0.15, 0.2) is 30.3 Å². The van der Waals surface area contributed by atoms with Gasteiger partial charge in [-0.15, -0.1) is 0 Å². The van der Waals surface area contributed by atoms with E-state index >= 15 is 0 Å². The molecule has 2 rings (SSSR count). The van der Waals surface area contributed by atoms with Crippen molar-refractivity contribution in [3.63, 3.8) is 0 Å². The molecule has 0 unspecified atom stereocenters. The van der Waals surface area contributed by atoms with E-state index in [0.717, 1.165) is 19.3 Å². The van der Waals surface area contributed by atoms with Gasteiger partial charge in [0.05, 0.1) is 0 Å². The fourth-order valence-electron chi connectivity index (χ4n) is 2.35. The predicted molar refractivity (Wildman–Crippen MR) is 57.2 cm³/mol. The average Bonchev–Trinajstić information content (AvgIpc) is 2.23. The average molecular weight is 188 g/mol. The van der Waals surface area contributed by atoms with E-state index < -0.39 is 0 Å². The number of hydrogen-bond donors (Lipinski definition) is 0. The first-order valence-corrected chi connectivity index (χ1v) is 5.36. The van der Waals surface area contributed by atoms with Crippen molar-refractivity contribution in [2.75, 3.05) is 0 Å². The Labute approximate surface area is 85.1 Å². The molecule has 74 valence electrons. The number of benzene rings is 1. The highest BCUT2D eigenvalue weighted by Gasteiger charge is 2.28. The van der Waals surface area contributed by atoms with Gasteiger partial charge < -0.3 is 0 Å². The maximum Gasteiger partial charge on any atom is 0.136 e. The highest BCUT2D eigenvalue weighted by Crippen LogP contribution is 2.35. The molecule has 0 radical (unpaired) electrons. The zero-order valence-electron chi connectivity index (χ0n) is 8.57. The molecule has 1 aliphatic rings. The van der Waals surface area contributed by atoms with Crippen LogP contribution in [0, 0.1) is 5.92 Å². The van der Waals surface area contributed by atoms with Crippen molar-refractivity contribution in [1.82, 2.24) is 0 Å². The fraction of sp³-hybridized carbons (Fsp3) is 0.462. The molecule has 0 N–H and O–H groups in total. The van der Waals surface area contributed by atoms with Gasteiger partial charge in [-0.3, -0.25) is 4.79 Å². The van der Waals surface area contributed by atoms with Gasteiger partial charge in [-0.25, -0.2) is 0 Å². The van der Waals surface area contributed by atoms with Crippen LogP contribution in [0.5, 0.6) is 0 Å². The Morgan fingerprint density at radius 1 is 1.21 bits per heavy atom. The third-order valence-electron chi connectivity index (χ3n) is 3.28. The molecule has 0 aromatic heterocycles. The summed E-state index contributed by atoms with van der Waals surface area (Å²) in [5, 5.41) is 0. The van der Waals surface area contributed by atoms with E-state index in [1.54, 1.807) is 0 Å². The zero-order valence-corrected chi connectivity index (χ0v) is 8.57. The van der Waals surface area contributed by atoms with Gasteiger partial charge in [0.1, 0.15) is 5.78 Å². The molecular weight excluding hydrogens is 172 g/mol. The molecule has 1 aliphatic carbocycles. The van der Waals surface area contributed by atoms with Gasteiger partial charge in [0.2, 0.25) is 0 Å². The minimum atomic E-state index is 0.214. The van der Waals surface area contributed by atoms with E-state index in [2.05, 4.69) is 31.2 Å². The van der Waals surface area contributed by atoms with E-state index in [1.807, 2.05) is 6.07 Å². The quantitative estimate of drug-likeness (QED) is 0.661. The van der Waals surface area contributed by atoms with E-state index in [0.29, 0.717) is 11.7 Å². The van der Waals surface area contributed by atoms with Crippen molar-refractivity contribution in [3.8, 4) is 0 Å². The maximum absolute atomic E-state index is 11.6. The van der Waals surface area contributed by atoms with E-state index in [-0.39, 0.29) is 5.92 Å². The summed E-state index contributed by atoms with van der Waals surface area (Å²) < 4.78 is 0. The molecule has 1 aromatic carbocycles. The Morgan fingerprint density at radius 3 is 2.64 bits per heavy atom. The molecule has 0 amide bonds. The summed E-state index contributed by atoms with van der Waals surface area (Å²) in [6.07, 6.45) is 3.00. The molecule has 0 spiro atoms. The standard InChI is InChI=1S/C13H16O/c1-10-12(8-5-9-13(10)14)11-6-3-2-4-7-11/h2-4,6-7,10,12H,5,8-9H2,1H3/t10-,12-/m0/s1. The molecule has 14 heavy (non-hydrogen) atoms. The van der Waals surface area contributed by atoms with Crippen LogP contribution in [0.4, 0.5) is 0 Å². The molecule has 1 nitrogen and oxygen atoms in total. The Hall–Kier alpha value is -1.11. The summed E-state index contributed by atoms with van der Waals surface area (Å²) in [6.45, 7) is 2.07. The van der Waals surface area contributed by atoms with Crippen LogP contribution < -0.4 is 0 Å². The molecule has 1 fully saturated rings. The molecule has 1 aromatic rings. The Kier molecular flexibility index (Phi) is 2.67. The molecule has 2 atom stereocenters. The highest BCUT2D eigenvalue weighted by molar-refractivity contribution is 5.82. The van der Waals surface area contributed by atoms with Gasteiger partial charge in [-0.2, -0.15) is 0 Å². The third kappa shape index (κ3) is 1.72. The summed E-state index contributed by atoms with van der Waals surface area (Å²) in [6, 6.07) is 10.4. The lowest BCUT2D eigenvalue weighted by Crippen LogP contribution is -2.24. The summed E-state index contributed by atoms with van der Waals surface area (Å²) >= 11 is 0. The second kappa shape index (κ2) is 3.95. The fourth-order valence-corrected chi connectivity index (χ4v) is 2.35. The van der Waals surface area contributed by atoms with Gasteiger partial charge in [-0.05, 0) is 24.3 Å². The number of carbonyl (C=O) groups excluding carboxylic acids is 1. The lowest BCUT2D eigenvalue weighted by Gasteiger charge is -2.27. The topological polar surface area (TPSA) is 17.1 Å². The maximum atomic E-state index is 11.6. The van der Waals surface area contributed by atoms with Crippen molar-refractivity contribution in [1.29, 1.82) is 0 Å². The normalized spacial score (nSPS) is 27.6. The summed E-state index contributed by atoms with van der Waals surface area (Å²) in [4.78, 5) is 11.6. The lowest BCUT2D eigenvalue weighted by molar-refractivity contribution is -0.124. The van der Waals surface area contributed by atoms with Crippen LogP contribution >= 0.6 is 0 Å². The Bertz CT molecular complexity index is 315.